The fraction of sp³-hybridized carbons (Fsp3) is 0.375. The van der Waals surface area contributed by atoms with Crippen LogP contribution in [0.5, 0.6) is 11.6 Å². The maximum Gasteiger partial charge on any atom is 0.325 e. The first-order valence-electron chi connectivity index (χ1n) is 11.3. The molecule has 186 valence electrons. The van der Waals surface area contributed by atoms with Gasteiger partial charge in [-0.3, -0.25) is 9.48 Å². The van der Waals surface area contributed by atoms with Crippen LogP contribution in [-0.4, -0.2) is 45.6 Å². The van der Waals surface area contributed by atoms with Crippen molar-refractivity contribution in [3.63, 3.8) is 0 Å². The molecule has 2 heterocycles. The molecule has 1 aliphatic rings. The maximum absolute atomic E-state index is 13.6. The quantitative estimate of drug-likeness (QED) is 0.462. The van der Waals surface area contributed by atoms with Crippen LogP contribution in [0, 0.1) is 0 Å². The Kier molecular flexibility index (Phi) is 7.16. The third-order valence-corrected chi connectivity index (χ3v) is 8.22. The van der Waals surface area contributed by atoms with Gasteiger partial charge in [0.05, 0.1) is 18.4 Å². The highest BCUT2D eigenvalue weighted by Crippen LogP contribution is 2.38. The summed E-state index contributed by atoms with van der Waals surface area (Å²) < 4.78 is 35.9. The van der Waals surface area contributed by atoms with Crippen LogP contribution in [0.1, 0.15) is 55.5 Å². The van der Waals surface area contributed by atoms with E-state index >= 15 is 0 Å². The van der Waals surface area contributed by atoms with E-state index in [1.54, 1.807) is 36.5 Å². The van der Waals surface area contributed by atoms with Crippen molar-refractivity contribution >= 4 is 27.6 Å². The predicted octanol–water partition coefficient (Wildman–Crippen LogP) is 4.63. The Labute approximate surface area is 209 Å². The van der Waals surface area contributed by atoms with Gasteiger partial charge in [-0.25, -0.2) is 13.4 Å². The van der Waals surface area contributed by atoms with Crippen molar-refractivity contribution in [2.75, 3.05) is 7.05 Å². The number of ether oxygens (including phenoxy) is 1. The first kappa shape index (κ1) is 25.2. The van der Waals surface area contributed by atoms with Gasteiger partial charge in [0.25, 0.3) is 0 Å². The molecule has 0 spiro atoms. The predicted molar refractivity (Wildman–Crippen MR) is 130 cm³/mol. The van der Waals surface area contributed by atoms with Gasteiger partial charge in [0.1, 0.15) is 17.2 Å². The molecule has 0 aliphatic heterocycles. The summed E-state index contributed by atoms with van der Waals surface area (Å²) in [5.41, 5.74) is 2.16. The molecule has 0 bridgehead atoms. The number of sulfonamides is 1. The molecular formula is C24H27ClN4O5S. The number of hydrogen-bond acceptors (Lipinski definition) is 6. The molecule has 2 aromatic heterocycles. The molecule has 3 aromatic rings. The molecule has 0 saturated heterocycles. The average Bonchev–Trinajstić information content (AvgIpc) is 3.22. The number of carbonyl (C=O) groups is 1. The largest absolute Gasteiger partial charge is 0.480 e. The van der Waals surface area contributed by atoms with E-state index in [-0.39, 0.29) is 17.4 Å². The molecule has 11 heteroatoms. The van der Waals surface area contributed by atoms with E-state index in [9.17, 15) is 13.2 Å². The lowest BCUT2D eigenvalue weighted by Crippen LogP contribution is -2.33. The van der Waals surface area contributed by atoms with Crippen LogP contribution < -0.4 is 4.74 Å². The number of rotatable bonds is 8. The Morgan fingerprint density at radius 3 is 2.66 bits per heavy atom. The summed E-state index contributed by atoms with van der Waals surface area (Å²) in [6, 6.07) is 8.01. The van der Waals surface area contributed by atoms with Crippen molar-refractivity contribution < 1.29 is 23.1 Å². The summed E-state index contributed by atoms with van der Waals surface area (Å²) >= 11 is 5.94. The number of aromatic nitrogens is 3. The summed E-state index contributed by atoms with van der Waals surface area (Å²) in [4.78, 5) is 15.6. The number of hydrogen-bond donors (Lipinski definition) is 1. The molecule has 1 aliphatic carbocycles. The SMILES string of the molecule is CC(C)c1cc(S(=O)(=O)N(C)C2CCCc3c2cnn3CC(=O)O)cnc1Oc1ccc(Cl)cc1. The topological polar surface area (TPSA) is 115 Å². The normalized spacial score (nSPS) is 15.9. The molecule has 1 N–H and O–H groups in total. The van der Waals surface area contributed by atoms with E-state index in [1.165, 1.54) is 22.2 Å². The first-order valence-corrected chi connectivity index (χ1v) is 13.1. The second kappa shape index (κ2) is 9.96. The summed E-state index contributed by atoms with van der Waals surface area (Å²) in [6.07, 6.45) is 4.88. The van der Waals surface area contributed by atoms with E-state index in [0.29, 0.717) is 35.1 Å². The number of carboxylic acids is 1. The van der Waals surface area contributed by atoms with E-state index in [0.717, 1.165) is 17.7 Å². The molecule has 4 rings (SSSR count). The minimum Gasteiger partial charge on any atom is -0.480 e. The number of carboxylic acid groups (broad SMARTS) is 1. The van der Waals surface area contributed by atoms with E-state index in [2.05, 4.69) is 10.1 Å². The molecule has 1 aromatic carbocycles. The van der Waals surface area contributed by atoms with Crippen LogP contribution in [0.3, 0.4) is 0 Å². The van der Waals surface area contributed by atoms with E-state index in [1.807, 2.05) is 13.8 Å². The van der Waals surface area contributed by atoms with Gasteiger partial charge in [0.15, 0.2) is 0 Å². The number of benzene rings is 1. The lowest BCUT2D eigenvalue weighted by Gasteiger charge is -2.31. The Balaban J connectivity index is 1.64. The zero-order chi connectivity index (χ0) is 25.3. The highest BCUT2D eigenvalue weighted by Gasteiger charge is 2.35. The summed E-state index contributed by atoms with van der Waals surface area (Å²) in [7, 11) is -2.36. The van der Waals surface area contributed by atoms with Crippen molar-refractivity contribution in [1.82, 2.24) is 19.1 Å². The fourth-order valence-corrected chi connectivity index (χ4v) is 5.75. The fourth-order valence-electron chi connectivity index (χ4n) is 4.27. The van der Waals surface area contributed by atoms with Crippen LogP contribution in [0.25, 0.3) is 0 Å². The Bertz CT molecular complexity index is 1340. The van der Waals surface area contributed by atoms with Crippen molar-refractivity contribution in [3.05, 3.63) is 64.6 Å². The number of fused-ring (bicyclic) bond motifs is 1. The van der Waals surface area contributed by atoms with Crippen LogP contribution in [0.15, 0.2) is 47.6 Å². The van der Waals surface area contributed by atoms with Crippen molar-refractivity contribution in [3.8, 4) is 11.6 Å². The van der Waals surface area contributed by atoms with Gasteiger partial charge in [-0.15, -0.1) is 0 Å². The monoisotopic (exact) mass is 518 g/mol. The van der Waals surface area contributed by atoms with E-state index in [4.69, 9.17) is 21.4 Å². The molecule has 0 radical (unpaired) electrons. The van der Waals surface area contributed by atoms with Gasteiger partial charge >= 0.3 is 5.97 Å². The molecule has 0 amide bonds. The van der Waals surface area contributed by atoms with Gasteiger partial charge in [-0.05, 0) is 55.5 Å². The zero-order valence-electron chi connectivity index (χ0n) is 19.7. The lowest BCUT2D eigenvalue weighted by molar-refractivity contribution is -0.137. The zero-order valence-corrected chi connectivity index (χ0v) is 21.3. The molecular weight excluding hydrogens is 492 g/mol. The third-order valence-electron chi connectivity index (χ3n) is 6.14. The van der Waals surface area contributed by atoms with Crippen molar-refractivity contribution in [1.29, 1.82) is 0 Å². The molecule has 0 fully saturated rings. The molecule has 0 saturated carbocycles. The number of nitrogens with zero attached hydrogens (tertiary/aromatic N) is 4. The third kappa shape index (κ3) is 5.19. The Hall–Kier alpha value is -2.95. The van der Waals surface area contributed by atoms with Crippen molar-refractivity contribution in [2.24, 2.45) is 0 Å². The number of aliphatic carboxylic acids is 1. The minimum absolute atomic E-state index is 0.0409. The van der Waals surface area contributed by atoms with E-state index < -0.39 is 22.0 Å². The summed E-state index contributed by atoms with van der Waals surface area (Å²) in [5.74, 6) is -0.156. The molecule has 35 heavy (non-hydrogen) atoms. The highest BCUT2D eigenvalue weighted by molar-refractivity contribution is 7.89. The second-order valence-corrected chi connectivity index (χ2v) is 11.2. The van der Waals surface area contributed by atoms with Gasteiger partial charge in [-0.2, -0.15) is 9.40 Å². The maximum atomic E-state index is 13.6. The van der Waals surface area contributed by atoms with Gasteiger partial charge < -0.3 is 9.84 Å². The van der Waals surface area contributed by atoms with Gasteiger partial charge in [-0.1, -0.05) is 25.4 Å². The Morgan fingerprint density at radius 1 is 1.29 bits per heavy atom. The average molecular weight is 519 g/mol. The molecule has 9 nitrogen and oxygen atoms in total. The lowest BCUT2D eigenvalue weighted by atomic mass is 9.93. The van der Waals surface area contributed by atoms with Gasteiger partial charge in [0, 0.05) is 28.9 Å². The van der Waals surface area contributed by atoms with Crippen LogP contribution in [0.2, 0.25) is 5.02 Å². The van der Waals surface area contributed by atoms with Gasteiger partial charge in [0.2, 0.25) is 15.9 Å². The number of pyridine rings is 1. The van der Waals surface area contributed by atoms with Crippen LogP contribution in [0.4, 0.5) is 0 Å². The Morgan fingerprint density at radius 2 is 2.00 bits per heavy atom. The smallest absolute Gasteiger partial charge is 0.325 e. The summed E-state index contributed by atoms with van der Waals surface area (Å²) in [6.45, 7) is 3.63. The summed E-state index contributed by atoms with van der Waals surface area (Å²) in [5, 5.41) is 13.9. The first-order chi connectivity index (χ1) is 16.6. The molecule has 1 unspecified atom stereocenters. The second-order valence-electron chi connectivity index (χ2n) is 8.80. The highest BCUT2D eigenvalue weighted by atomic mass is 35.5. The minimum atomic E-state index is -3.90. The number of halogens is 1. The van der Waals surface area contributed by atoms with Crippen LogP contribution >= 0.6 is 11.6 Å². The molecule has 1 atom stereocenters. The van der Waals surface area contributed by atoms with Crippen LogP contribution in [-0.2, 0) is 27.8 Å². The standard InChI is InChI=1S/C24H27ClN4O5S/c1-15(2)19-11-18(12-26-24(19)34-17-9-7-16(25)8-10-17)35(32,33)28(3)21-5-4-6-22-20(21)13-27-29(22)14-23(30)31/h7-13,15,21H,4-6,14H2,1-3H3,(H,30,31). The van der Waals surface area contributed by atoms with Crippen molar-refractivity contribution in [2.45, 2.75) is 56.5 Å².